The smallest absolute Gasteiger partial charge is 0.414 e. The number of carboxylic acids is 2. The van der Waals surface area contributed by atoms with Crippen molar-refractivity contribution < 1.29 is 37.7 Å². The topological polar surface area (TPSA) is 134 Å². The van der Waals surface area contributed by atoms with E-state index in [0.717, 1.165) is 22.1 Å². The van der Waals surface area contributed by atoms with Gasteiger partial charge in [-0.1, -0.05) is 42.5 Å². The summed E-state index contributed by atoms with van der Waals surface area (Å²) in [5, 5.41) is 16.8. The molecule has 0 aliphatic carbocycles. The Morgan fingerprint density at radius 2 is 1.47 bits per heavy atom. The number of sulfonamides is 1. The van der Waals surface area contributed by atoms with Crippen LogP contribution in [0.25, 0.3) is 10.8 Å². The molecule has 36 heavy (non-hydrogen) atoms. The predicted octanol–water partition coefficient (Wildman–Crippen LogP) is 2.52. The Morgan fingerprint density at radius 3 is 2.06 bits per heavy atom. The fourth-order valence-electron chi connectivity index (χ4n) is 3.92. The van der Waals surface area contributed by atoms with Crippen molar-refractivity contribution in [2.24, 2.45) is 0 Å². The van der Waals surface area contributed by atoms with Crippen LogP contribution in [-0.4, -0.2) is 80.2 Å². The Hall–Kier alpha value is -3.67. The van der Waals surface area contributed by atoms with E-state index >= 15 is 0 Å². The number of carbonyl (C=O) groups is 2. The predicted molar refractivity (Wildman–Crippen MR) is 133 cm³/mol. The normalized spacial score (nSPS) is 14.5. The van der Waals surface area contributed by atoms with Gasteiger partial charge in [0.05, 0.1) is 19.1 Å². The maximum absolute atomic E-state index is 13.2. The van der Waals surface area contributed by atoms with Gasteiger partial charge in [-0.05, 0) is 29.0 Å². The summed E-state index contributed by atoms with van der Waals surface area (Å²) < 4.78 is 38.8. The van der Waals surface area contributed by atoms with Crippen LogP contribution in [0.15, 0.2) is 65.6 Å². The Morgan fingerprint density at radius 1 is 0.833 bits per heavy atom. The lowest BCUT2D eigenvalue weighted by Crippen LogP contribution is -2.48. The molecule has 1 saturated heterocycles. The van der Waals surface area contributed by atoms with Crippen molar-refractivity contribution in [3.8, 4) is 11.5 Å². The van der Waals surface area contributed by atoms with E-state index in [1.807, 2.05) is 48.5 Å². The van der Waals surface area contributed by atoms with Gasteiger partial charge in [-0.3, -0.25) is 4.90 Å². The molecule has 0 radical (unpaired) electrons. The van der Waals surface area contributed by atoms with Crippen molar-refractivity contribution in [3.05, 3.63) is 66.2 Å². The van der Waals surface area contributed by atoms with E-state index in [1.165, 1.54) is 0 Å². The lowest BCUT2D eigenvalue weighted by Gasteiger charge is -2.34. The standard InChI is InChI=1S/C23H26N2O4S.C2H2O4/c1-28-22-9-5-8-20(23(22)29-2)17-24-12-14-25(15-13-24)30(26,27)21-11-10-18-6-3-4-7-19(18)16-21;3-1(4)2(5)6/h3-11,16H,12-15,17H2,1-2H3;(H,3,4)(H,5,6). The second kappa shape index (κ2) is 11.8. The highest BCUT2D eigenvalue weighted by Crippen LogP contribution is 2.32. The molecule has 3 aromatic rings. The summed E-state index contributed by atoms with van der Waals surface area (Å²) in [5.74, 6) is -2.22. The number of hydrogen-bond donors (Lipinski definition) is 2. The van der Waals surface area contributed by atoms with Crippen molar-refractivity contribution >= 4 is 32.7 Å². The number of rotatable bonds is 6. The number of carboxylic acid groups (broad SMARTS) is 2. The molecule has 1 aliphatic rings. The lowest BCUT2D eigenvalue weighted by molar-refractivity contribution is -0.159. The van der Waals surface area contributed by atoms with Crippen LogP contribution in [0, 0.1) is 0 Å². The van der Waals surface area contributed by atoms with Crippen LogP contribution in [0.1, 0.15) is 5.56 Å². The number of aliphatic carboxylic acids is 2. The molecular formula is C25H28N2O8S. The number of benzene rings is 3. The highest BCUT2D eigenvalue weighted by Gasteiger charge is 2.29. The largest absolute Gasteiger partial charge is 0.493 e. The molecule has 0 amide bonds. The Bertz CT molecular complexity index is 1320. The fourth-order valence-corrected chi connectivity index (χ4v) is 5.38. The maximum Gasteiger partial charge on any atom is 0.414 e. The van der Waals surface area contributed by atoms with Gasteiger partial charge in [0.25, 0.3) is 0 Å². The third-order valence-electron chi connectivity index (χ3n) is 5.75. The van der Waals surface area contributed by atoms with E-state index in [1.54, 1.807) is 30.7 Å². The van der Waals surface area contributed by atoms with Crippen LogP contribution in [0.3, 0.4) is 0 Å². The molecule has 10 nitrogen and oxygen atoms in total. The van der Waals surface area contributed by atoms with E-state index in [0.29, 0.717) is 43.4 Å². The van der Waals surface area contributed by atoms with Gasteiger partial charge in [0.1, 0.15) is 0 Å². The van der Waals surface area contributed by atoms with Gasteiger partial charge in [-0.2, -0.15) is 4.31 Å². The summed E-state index contributed by atoms with van der Waals surface area (Å²) in [7, 11) is -0.254. The third-order valence-corrected chi connectivity index (χ3v) is 7.65. The molecule has 3 aromatic carbocycles. The second-order valence-electron chi connectivity index (χ2n) is 7.95. The van der Waals surface area contributed by atoms with E-state index in [-0.39, 0.29) is 0 Å². The third kappa shape index (κ3) is 6.30. The van der Waals surface area contributed by atoms with Crippen LogP contribution < -0.4 is 9.47 Å². The molecular weight excluding hydrogens is 488 g/mol. The van der Waals surface area contributed by atoms with E-state index in [4.69, 9.17) is 29.3 Å². The summed E-state index contributed by atoms with van der Waals surface area (Å²) in [6.45, 7) is 2.92. The first-order valence-corrected chi connectivity index (χ1v) is 12.5. The Labute approximate surface area is 209 Å². The molecule has 2 N–H and O–H groups in total. The minimum Gasteiger partial charge on any atom is -0.493 e. The zero-order chi connectivity index (χ0) is 26.3. The highest BCUT2D eigenvalue weighted by atomic mass is 32.2. The molecule has 0 unspecified atom stereocenters. The molecule has 1 aliphatic heterocycles. The summed E-state index contributed by atoms with van der Waals surface area (Å²) in [6.07, 6.45) is 0. The summed E-state index contributed by atoms with van der Waals surface area (Å²) in [4.78, 5) is 20.8. The fraction of sp³-hybridized carbons (Fsp3) is 0.280. The number of piperazine rings is 1. The minimum absolute atomic E-state index is 0.351. The molecule has 0 aromatic heterocycles. The van der Waals surface area contributed by atoms with Gasteiger partial charge in [0, 0.05) is 38.3 Å². The van der Waals surface area contributed by atoms with Crippen LogP contribution in [0.4, 0.5) is 0 Å². The number of methoxy groups -OCH3 is 2. The lowest BCUT2D eigenvalue weighted by atomic mass is 10.1. The van der Waals surface area contributed by atoms with Crippen molar-refractivity contribution in [2.45, 2.75) is 11.4 Å². The van der Waals surface area contributed by atoms with Gasteiger partial charge in [-0.25, -0.2) is 18.0 Å². The van der Waals surface area contributed by atoms with Gasteiger partial charge in [0.15, 0.2) is 11.5 Å². The maximum atomic E-state index is 13.2. The van der Waals surface area contributed by atoms with Gasteiger partial charge in [0.2, 0.25) is 10.0 Å². The van der Waals surface area contributed by atoms with Crippen LogP contribution >= 0.6 is 0 Å². The average Bonchev–Trinajstić information content (AvgIpc) is 2.88. The van der Waals surface area contributed by atoms with Gasteiger partial charge in [-0.15, -0.1) is 0 Å². The SMILES string of the molecule is COc1cccc(CN2CCN(S(=O)(=O)c3ccc4ccccc4c3)CC2)c1OC.O=C(O)C(=O)O. The first-order chi connectivity index (χ1) is 17.2. The summed E-state index contributed by atoms with van der Waals surface area (Å²) in [5.41, 5.74) is 1.03. The summed E-state index contributed by atoms with van der Waals surface area (Å²) >= 11 is 0. The highest BCUT2D eigenvalue weighted by molar-refractivity contribution is 7.89. The van der Waals surface area contributed by atoms with Gasteiger partial charge >= 0.3 is 11.9 Å². The molecule has 0 atom stereocenters. The van der Waals surface area contributed by atoms with E-state index in [9.17, 15) is 8.42 Å². The molecule has 1 heterocycles. The van der Waals surface area contributed by atoms with Crippen molar-refractivity contribution in [1.82, 2.24) is 9.21 Å². The van der Waals surface area contributed by atoms with E-state index in [2.05, 4.69) is 4.90 Å². The number of para-hydroxylation sites is 1. The number of fused-ring (bicyclic) bond motifs is 1. The minimum atomic E-state index is -3.51. The Balaban J connectivity index is 0.000000538. The average molecular weight is 517 g/mol. The second-order valence-corrected chi connectivity index (χ2v) is 9.89. The van der Waals surface area contributed by atoms with E-state index < -0.39 is 22.0 Å². The molecule has 1 fully saturated rings. The molecule has 0 saturated carbocycles. The van der Waals surface area contributed by atoms with Crippen molar-refractivity contribution in [1.29, 1.82) is 0 Å². The first kappa shape index (κ1) is 26.9. The monoisotopic (exact) mass is 516 g/mol. The molecule has 0 bridgehead atoms. The quantitative estimate of drug-likeness (QED) is 0.474. The number of hydrogen-bond acceptors (Lipinski definition) is 7. The number of nitrogens with zero attached hydrogens (tertiary/aromatic N) is 2. The molecule has 4 rings (SSSR count). The van der Waals surface area contributed by atoms with Crippen LogP contribution in [-0.2, 0) is 26.2 Å². The van der Waals surface area contributed by atoms with Crippen molar-refractivity contribution in [2.75, 3.05) is 40.4 Å². The van der Waals surface area contributed by atoms with Crippen LogP contribution in [0.5, 0.6) is 11.5 Å². The van der Waals surface area contributed by atoms with Crippen LogP contribution in [0.2, 0.25) is 0 Å². The van der Waals surface area contributed by atoms with Gasteiger partial charge < -0.3 is 19.7 Å². The van der Waals surface area contributed by atoms with Crippen molar-refractivity contribution in [3.63, 3.8) is 0 Å². The molecule has 0 spiro atoms. The zero-order valence-corrected chi connectivity index (χ0v) is 20.8. The zero-order valence-electron chi connectivity index (χ0n) is 20.0. The summed E-state index contributed by atoms with van der Waals surface area (Å²) in [6, 6.07) is 19.0. The molecule has 11 heteroatoms. The first-order valence-electron chi connectivity index (χ1n) is 11.0. The Kier molecular flexibility index (Phi) is 8.86. The molecule has 192 valence electrons. The number of ether oxygens (including phenoxy) is 2.